The molecule has 128 valence electrons. The van der Waals surface area contributed by atoms with Gasteiger partial charge in [0.15, 0.2) is 17.5 Å². The number of nitrogens with one attached hydrogen (secondary N) is 1. The molecule has 0 aromatic heterocycles. The molecule has 2 rings (SSSR count). The molecular weight excluding hydrogens is 302 g/mol. The highest BCUT2D eigenvalue weighted by Gasteiger charge is 2.04. The van der Waals surface area contributed by atoms with Crippen molar-refractivity contribution in [1.82, 2.24) is 0 Å². The zero-order valence-electron chi connectivity index (χ0n) is 14.4. The maximum absolute atomic E-state index is 9.71. The van der Waals surface area contributed by atoms with Gasteiger partial charge in [-0.3, -0.25) is 0 Å². The van der Waals surface area contributed by atoms with Crippen molar-refractivity contribution in [3.63, 3.8) is 0 Å². The van der Waals surface area contributed by atoms with Crippen LogP contribution in [-0.4, -0.2) is 17.7 Å². The highest BCUT2D eigenvalue weighted by Crippen LogP contribution is 2.27. The molecule has 24 heavy (non-hydrogen) atoms. The molecule has 0 heterocycles. The molecular formula is C19H25N3O2. The normalized spacial score (nSPS) is 11.6. The van der Waals surface area contributed by atoms with E-state index < -0.39 is 0 Å². The van der Waals surface area contributed by atoms with Crippen LogP contribution < -0.4 is 15.8 Å². The summed E-state index contributed by atoms with van der Waals surface area (Å²) in [5.74, 6) is 1.39. The molecule has 0 bridgehead atoms. The zero-order chi connectivity index (χ0) is 17.5. The Morgan fingerprint density at radius 1 is 1.25 bits per heavy atom. The number of aliphatic imine (C=N–C) groups is 1. The van der Waals surface area contributed by atoms with E-state index in [2.05, 4.69) is 36.3 Å². The third-order valence-electron chi connectivity index (χ3n) is 3.58. The van der Waals surface area contributed by atoms with Crippen LogP contribution in [0.3, 0.4) is 0 Å². The summed E-state index contributed by atoms with van der Waals surface area (Å²) in [6, 6.07) is 13.3. The number of aromatic hydroxyl groups is 1. The summed E-state index contributed by atoms with van der Waals surface area (Å²) >= 11 is 0. The van der Waals surface area contributed by atoms with E-state index in [1.54, 1.807) is 18.2 Å². The summed E-state index contributed by atoms with van der Waals surface area (Å²) in [6.45, 7) is 7.07. The monoisotopic (exact) mass is 327 g/mol. The molecule has 5 heteroatoms. The molecule has 2 aromatic rings. The van der Waals surface area contributed by atoms with Crippen LogP contribution in [0.25, 0.3) is 0 Å². The van der Waals surface area contributed by atoms with E-state index >= 15 is 0 Å². The largest absolute Gasteiger partial charge is 0.504 e. The van der Waals surface area contributed by atoms with E-state index in [9.17, 15) is 5.11 Å². The number of hydrogen-bond donors (Lipinski definition) is 3. The number of hydrogen-bond acceptors (Lipinski definition) is 3. The second-order valence-corrected chi connectivity index (χ2v) is 5.84. The molecule has 4 N–H and O–H groups in total. The summed E-state index contributed by atoms with van der Waals surface area (Å²) in [4.78, 5) is 4.34. The van der Waals surface area contributed by atoms with Gasteiger partial charge in [0.1, 0.15) is 0 Å². The van der Waals surface area contributed by atoms with Crippen LogP contribution in [0.1, 0.15) is 37.8 Å². The topological polar surface area (TPSA) is 79.9 Å². The van der Waals surface area contributed by atoms with Gasteiger partial charge in [0, 0.05) is 5.69 Å². The summed E-state index contributed by atoms with van der Waals surface area (Å²) < 4.78 is 5.37. The van der Waals surface area contributed by atoms with Gasteiger partial charge in [-0.05, 0) is 48.2 Å². The van der Waals surface area contributed by atoms with E-state index in [1.807, 2.05) is 19.1 Å². The predicted molar refractivity (Wildman–Crippen MR) is 98.8 cm³/mol. The van der Waals surface area contributed by atoms with Gasteiger partial charge in [0.05, 0.1) is 13.2 Å². The lowest BCUT2D eigenvalue weighted by Crippen LogP contribution is -2.22. The van der Waals surface area contributed by atoms with Gasteiger partial charge in [-0.15, -0.1) is 0 Å². The summed E-state index contributed by atoms with van der Waals surface area (Å²) in [5, 5.41) is 12.8. The SMILES string of the molecule is CCOc1cc(CN=C(N)Nc2cccc(C(C)C)c2)ccc1O. The van der Waals surface area contributed by atoms with Gasteiger partial charge in [-0.25, -0.2) is 4.99 Å². The van der Waals surface area contributed by atoms with Crippen molar-refractivity contribution in [2.24, 2.45) is 10.7 Å². The highest BCUT2D eigenvalue weighted by atomic mass is 16.5. The third kappa shape index (κ3) is 4.91. The zero-order valence-corrected chi connectivity index (χ0v) is 14.4. The molecule has 0 unspecified atom stereocenters. The van der Waals surface area contributed by atoms with Gasteiger partial charge >= 0.3 is 0 Å². The Morgan fingerprint density at radius 2 is 2.04 bits per heavy atom. The van der Waals surface area contributed by atoms with E-state index in [1.165, 1.54) is 5.56 Å². The highest BCUT2D eigenvalue weighted by molar-refractivity contribution is 5.92. The van der Waals surface area contributed by atoms with Crippen LogP contribution >= 0.6 is 0 Å². The Morgan fingerprint density at radius 3 is 2.75 bits per heavy atom. The number of rotatable bonds is 6. The van der Waals surface area contributed by atoms with Gasteiger partial charge in [-0.1, -0.05) is 32.0 Å². The maximum Gasteiger partial charge on any atom is 0.193 e. The minimum absolute atomic E-state index is 0.126. The fourth-order valence-electron chi connectivity index (χ4n) is 2.27. The first-order chi connectivity index (χ1) is 11.5. The lowest BCUT2D eigenvalue weighted by molar-refractivity contribution is 0.318. The van der Waals surface area contributed by atoms with E-state index in [0.717, 1.165) is 11.3 Å². The van der Waals surface area contributed by atoms with Crippen molar-refractivity contribution in [2.75, 3.05) is 11.9 Å². The average molecular weight is 327 g/mol. The van der Waals surface area contributed by atoms with Crippen molar-refractivity contribution >= 4 is 11.6 Å². The lowest BCUT2D eigenvalue weighted by atomic mass is 10.0. The Bertz CT molecular complexity index is 712. The Hall–Kier alpha value is -2.69. The summed E-state index contributed by atoms with van der Waals surface area (Å²) in [7, 11) is 0. The second kappa shape index (κ2) is 8.24. The van der Waals surface area contributed by atoms with Crippen LogP contribution in [0.2, 0.25) is 0 Å². The van der Waals surface area contributed by atoms with Gasteiger partial charge in [0.25, 0.3) is 0 Å². The van der Waals surface area contributed by atoms with Gasteiger partial charge < -0.3 is 20.9 Å². The summed E-state index contributed by atoms with van der Waals surface area (Å²) in [5.41, 5.74) is 9.04. The quantitative estimate of drug-likeness (QED) is 0.556. The predicted octanol–water partition coefficient (Wildman–Crippen LogP) is 3.84. The first kappa shape index (κ1) is 17.7. The van der Waals surface area contributed by atoms with Crippen LogP contribution in [0.4, 0.5) is 5.69 Å². The number of benzene rings is 2. The fraction of sp³-hybridized carbons (Fsp3) is 0.316. The number of nitrogens with two attached hydrogens (primary N) is 1. The molecule has 0 fully saturated rings. The Kier molecular flexibility index (Phi) is 6.07. The first-order valence-corrected chi connectivity index (χ1v) is 8.11. The summed E-state index contributed by atoms with van der Waals surface area (Å²) in [6.07, 6.45) is 0. The first-order valence-electron chi connectivity index (χ1n) is 8.11. The number of phenolic OH excluding ortho intramolecular Hbond substituents is 1. The molecule has 0 amide bonds. The molecule has 5 nitrogen and oxygen atoms in total. The van der Waals surface area contributed by atoms with Crippen molar-refractivity contribution in [3.05, 3.63) is 53.6 Å². The van der Waals surface area contributed by atoms with E-state index in [0.29, 0.717) is 30.8 Å². The van der Waals surface area contributed by atoms with Crippen LogP contribution in [-0.2, 0) is 6.54 Å². The molecule has 0 atom stereocenters. The van der Waals surface area contributed by atoms with Crippen molar-refractivity contribution < 1.29 is 9.84 Å². The fourth-order valence-corrected chi connectivity index (χ4v) is 2.27. The standard InChI is InChI=1S/C19H25N3O2/c1-4-24-18-10-14(8-9-17(18)23)12-21-19(20)22-16-7-5-6-15(11-16)13(2)3/h5-11,13,23H,4,12H2,1-3H3,(H3,20,21,22). The molecule has 2 aromatic carbocycles. The molecule has 0 aliphatic rings. The van der Waals surface area contributed by atoms with Crippen molar-refractivity contribution in [3.8, 4) is 11.5 Å². The Labute approximate surface area is 143 Å². The van der Waals surface area contributed by atoms with Crippen LogP contribution in [0.5, 0.6) is 11.5 Å². The Balaban J connectivity index is 2.04. The lowest BCUT2D eigenvalue weighted by Gasteiger charge is -2.10. The molecule has 0 saturated carbocycles. The molecule has 0 saturated heterocycles. The van der Waals surface area contributed by atoms with Crippen molar-refractivity contribution in [2.45, 2.75) is 33.2 Å². The number of phenols is 1. The molecule has 0 spiro atoms. The van der Waals surface area contributed by atoms with Crippen LogP contribution in [0.15, 0.2) is 47.5 Å². The number of ether oxygens (including phenoxy) is 1. The average Bonchev–Trinajstić information content (AvgIpc) is 2.56. The third-order valence-corrected chi connectivity index (χ3v) is 3.58. The second-order valence-electron chi connectivity index (χ2n) is 5.84. The van der Waals surface area contributed by atoms with Crippen molar-refractivity contribution in [1.29, 1.82) is 0 Å². The van der Waals surface area contributed by atoms with E-state index in [4.69, 9.17) is 10.5 Å². The molecule has 0 radical (unpaired) electrons. The minimum Gasteiger partial charge on any atom is -0.504 e. The number of nitrogens with zero attached hydrogens (tertiary/aromatic N) is 1. The molecule has 0 aliphatic heterocycles. The molecule has 0 aliphatic carbocycles. The van der Waals surface area contributed by atoms with Crippen LogP contribution in [0, 0.1) is 0 Å². The smallest absolute Gasteiger partial charge is 0.193 e. The number of anilines is 1. The van der Waals surface area contributed by atoms with Gasteiger partial charge in [0.2, 0.25) is 0 Å². The van der Waals surface area contributed by atoms with Gasteiger partial charge in [-0.2, -0.15) is 0 Å². The minimum atomic E-state index is 0.126. The van der Waals surface area contributed by atoms with E-state index in [-0.39, 0.29) is 5.75 Å². The number of guanidine groups is 1. The maximum atomic E-state index is 9.71.